The number of pyridine rings is 1. The fourth-order valence-corrected chi connectivity index (χ4v) is 2.88. The lowest BCUT2D eigenvalue weighted by molar-refractivity contribution is 0.0907. The quantitative estimate of drug-likeness (QED) is 0.636. The van der Waals surface area contributed by atoms with E-state index in [4.69, 9.17) is 4.52 Å². The van der Waals surface area contributed by atoms with Gasteiger partial charge in [-0.25, -0.2) is 4.39 Å². The van der Waals surface area contributed by atoms with Crippen LogP contribution in [0.2, 0.25) is 0 Å². The summed E-state index contributed by atoms with van der Waals surface area (Å²) < 4.78 is 17.9. The van der Waals surface area contributed by atoms with E-state index in [1.807, 2.05) is 0 Å². The van der Waals surface area contributed by atoms with Gasteiger partial charge in [0.15, 0.2) is 0 Å². The highest BCUT2D eigenvalue weighted by molar-refractivity contribution is 5.89. The Hall–Kier alpha value is -3.33. The molecule has 0 bridgehead atoms. The lowest BCUT2D eigenvalue weighted by atomic mass is 10.0. The highest BCUT2D eigenvalue weighted by Gasteiger charge is 2.20. The number of nitrogens with one attached hydrogen (secondary N) is 3. The van der Waals surface area contributed by atoms with Crippen LogP contribution >= 0.6 is 0 Å². The van der Waals surface area contributed by atoms with Crippen molar-refractivity contribution in [3.05, 3.63) is 69.2 Å². The van der Waals surface area contributed by atoms with Crippen LogP contribution in [0, 0.1) is 5.82 Å². The Bertz CT molecular complexity index is 1040. The first-order valence-electron chi connectivity index (χ1n) is 8.42. The second-order valence-corrected chi connectivity index (χ2v) is 6.17. The van der Waals surface area contributed by atoms with E-state index in [1.165, 1.54) is 12.1 Å². The van der Waals surface area contributed by atoms with Gasteiger partial charge in [-0.2, -0.15) is 4.98 Å². The van der Waals surface area contributed by atoms with Crippen LogP contribution in [0.15, 0.2) is 39.6 Å². The van der Waals surface area contributed by atoms with E-state index in [0.717, 1.165) is 29.8 Å². The predicted molar refractivity (Wildman–Crippen MR) is 93.3 cm³/mol. The number of aromatic amines is 1. The molecule has 8 nitrogen and oxygen atoms in total. The van der Waals surface area contributed by atoms with E-state index >= 15 is 0 Å². The number of amides is 1. The molecule has 2 aromatic heterocycles. The minimum absolute atomic E-state index is 0.0524. The zero-order valence-corrected chi connectivity index (χ0v) is 14.2. The van der Waals surface area contributed by atoms with Crippen molar-refractivity contribution >= 4 is 5.91 Å². The largest absolute Gasteiger partial charge is 0.344 e. The van der Waals surface area contributed by atoms with Crippen LogP contribution in [0.25, 0.3) is 11.4 Å². The summed E-state index contributed by atoms with van der Waals surface area (Å²) in [5.74, 6) is -1.12. The first-order chi connectivity index (χ1) is 13.1. The molecule has 0 aliphatic carbocycles. The van der Waals surface area contributed by atoms with E-state index in [-0.39, 0.29) is 35.2 Å². The molecule has 0 unspecified atom stereocenters. The SMILES string of the molecule is O=C(NCc1ccc(F)cc1)c1nc(-c2cc3c([nH]c2=O)CCNC3)no1. The Morgan fingerprint density at radius 3 is 2.93 bits per heavy atom. The van der Waals surface area contributed by atoms with Crippen molar-refractivity contribution in [2.45, 2.75) is 19.5 Å². The van der Waals surface area contributed by atoms with Crippen LogP contribution in [0.5, 0.6) is 0 Å². The molecule has 3 N–H and O–H groups in total. The van der Waals surface area contributed by atoms with Gasteiger partial charge in [0.2, 0.25) is 5.82 Å². The summed E-state index contributed by atoms with van der Waals surface area (Å²) in [6.07, 6.45) is 0.744. The number of rotatable bonds is 4. The molecule has 3 heterocycles. The summed E-state index contributed by atoms with van der Waals surface area (Å²) in [6.45, 7) is 1.63. The molecule has 0 radical (unpaired) electrons. The van der Waals surface area contributed by atoms with Crippen LogP contribution in [0.4, 0.5) is 4.39 Å². The van der Waals surface area contributed by atoms with Crippen LogP contribution in [0.3, 0.4) is 0 Å². The molecular formula is C18H16FN5O3. The maximum Gasteiger partial charge on any atom is 0.316 e. The van der Waals surface area contributed by atoms with Gasteiger partial charge >= 0.3 is 11.8 Å². The number of benzene rings is 1. The lowest BCUT2D eigenvalue weighted by Crippen LogP contribution is -2.27. The zero-order valence-electron chi connectivity index (χ0n) is 14.2. The highest BCUT2D eigenvalue weighted by Crippen LogP contribution is 2.17. The second kappa shape index (κ2) is 7.12. The summed E-state index contributed by atoms with van der Waals surface area (Å²) >= 11 is 0. The molecule has 0 fully saturated rings. The number of hydrogen-bond donors (Lipinski definition) is 3. The Balaban J connectivity index is 1.50. The molecule has 0 spiro atoms. The van der Waals surface area contributed by atoms with Gasteiger partial charge in [-0.3, -0.25) is 9.59 Å². The van der Waals surface area contributed by atoms with Gasteiger partial charge in [0.1, 0.15) is 5.82 Å². The third-order valence-corrected chi connectivity index (χ3v) is 4.31. The zero-order chi connectivity index (χ0) is 18.8. The van der Waals surface area contributed by atoms with E-state index in [9.17, 15) is 14.0 Å². The second-order valence-electron chi connectivity index (χ2n) is 6.17. The molecule has 0 atom stereocenters. The molecule has 138 valence electrons. The number of fused-ring (bicyclic) bond motifs is 1. The number of carbonyl (C=O) groups excluding carboxylic acids is 1. The van der Waals surface area contributed by atoms with Gasteiger partial charge in [-0.1, -0.05) is 17.3 Å². The van der Waals surface area contributed by atoms with E-state index in [1.54, 1.807) is 18.2 Å². The predicted octanol–water partition coefficient (Wildman–Crippen LogP) is 1.14. The number of H-pyrrole nitrogens is 1. The average molecular weight is 369 g/mol. The number of hydrogen-bond acceptors (Lipinski definition) is 6. The number of carbonyl (C=O) groups is 1. The van der Waals surface area contributed by atoms with Crippen molar-refractivity contribution in [2.24, 2.45) is 0 Å². The number of aromatic nitrogens is 3. The fraction of sp³-hybridized carbons (Fsp3) is 0.222. The maximum atomic E-state index is 12.9. The van der Waals surface area contributed by atoms with Gasteiger partial charge in [0.05, 0.1) is 5.56 Å². The molecule has 1 aliphatic heterocycles. The van der Waals surface area contributed by atoms with Crippen LogP contribution < -0.4 is 16.2 Å². The fourth-order valence-electron chi connectivity index (χ4n) is 2.88. The first-order valence-corrected chi connectivity index (χ1v) is 8.42. The van der Waals surface area contributed by atoms with E-state index < -0.39 is 5.91 Å². The summed E-state index contributed by atoms with van der Waals surface area (Å²) in [7, 11) is 0. The summed E-state index contributed by atoms with van der Waals surface area (Å²) in [5, 5.41) is 9.58. The Kier molecular flexibility index (Phi) is 4.51. The van der Waals surface area contributed by atoms with E-state index in [2.05, 4.69) is 25.8 Å². The van der Waals surface area contributed by atoms with Gasteiger partial charge in [-0.05, 0) is 29.3 Å². The minimum Gasteiger partial charge on any atom is -0.344 e. The van der Waals surface area contributed by atoms with Crippen LogP contribution in [0.1, 0.15) is 27.5 Å². The molecule has 27 heavy (non-hydrogen) atoms. The monoisotopic (exact) mass is 369 g/mol. The normalized spacial score (nSPS) is 13.2. The molecule has 1 amide bonds. The van der Waals surface area contributed by atoms with Gasteiger partial charge in [0.25, 0.3) is 5.56 Å². The molecule has 4 rings (SSSR count). The standard InChI is InChI=1S/C18H16FN5O3/c19-12-3-1-10(2-4-12)8-21-17(26)18-23-15(24-27-18)13-7-11-9-20-6-5-14(11)22-16(13)25/h1-4,7,20H,5-6,8-9H2,(H,21,26)(H,22,25). The molecule has 1 aromatic carbocycles. The molecule has 0 saturated carbocycles. The van der Waals surface area contributed by atoms with Crippen molar-refractivity contribution < 1.29 is 13.7 Å². The van der Waals surface area contributed by atoms with Crippen molar-refractivity contribution in [1.29, 1.82) is 0 Å². The Morgan fingerprint density at radius 1 is 1.30 bits per heavy atom. The van der Waals surface area contributed by atoms with Crippen LogP contribution in [-0.4, -0.2) is 27.6 Å². The van der Waals surface area contributed by atoms with Gasteiger partial charge in [-0.15, -0.1) is 0 Å². The Labute approximate surface area is 152 Å². The molecule has 9 heteroatoms. The minimum atomic E-state index is -0.575. The number of halogens is 1. The average Bonchev–Trinajstić information content (AvgIpc) is 3.17. The molecule has 0 saturated heterocycles. The molecule has 1 aliphatic rings. The van der Waals surface area contributed by atoms with Crippen LogP contribution in [-0.2, 0) is 19.5 Å². The summed E-state index contributed by atoms with van der Waals surface area (Å²) in [6, 6.07) is 7.46. The third kappa shape index (κ3) is 3.63. The smallest absolute Gasteiger partial charge is 0.316 e. The summed E-state index contributed by atoms with van der Waals surface area (Å²) in [5.41, 5.74) is 2.50. The lowest BCUT2D eigenvalue weighted by Gasteiger charge is -2.16. The maximum absolute atomic E-state index is 12.9. The first kappa shape index (κ1) is 17.1. The summed E-state index contributed by atoms with van der Waals surface area (Å²) in [4.78, 5) is 31.3. The van der Waals surface area contributed by atoms with Crippen molar-refractivity contribution in [1.82, 2.24) is 25.8 Å². The topological polar surface area (TPSA) is 113 Å². The number of nitrogens with zero attached hydrogens (tertiary/aromatic N) is 2. The van der Waals surface area contributed by atoms with Crippen molar-refractivity contribution in [3.8, 4) is 11.4 Å². The van der Waals surface area contributed by atoms with Crippen molar-refractivity contribution in [2.75, 3.05) is 6.54 Å². The van der Waals surface area contributed by atoms with Gasteiger partial charge in [0, 0.05) is 31.7 Å². The highest BCUT2D eigenvalue weighted by atomic mass is 19.1. The molecule has 3 aromatic rings. The van der Waals surface area contributed by atoms with Gasteiger partial charge < -0.3 is 20.1 Å². The van der Waals surface area contributed by atoms with E-state index in [0.29, 0.717) is 6.54 Å². The third-order valence-electron chi connectivity index (χ3n) is 4.31. The van der Waals surface area contributed by atoms with Crippen molar-refractivity contribution in [3.63, 3.8) is 0 Å². The Morgan fingerprint density at radius 2 is 2.11 bits per heavy atom. The molecular weight excluding hydrogens is 353 g/mol.